The minimum Gasteiger partial charge on any atom is -0.477 e. The third-order valence-corrected chi connectivity index (χ3v) is 7.61. The molecule has 1 atom stereocenters. The van der Waals surface area contributed by atoms with Gasteiger partial charge in [-0.15, -0.1) is 23.1 Å². The van der Waals surface area contributed by atoms with Gasteiger partial charge in [-0.2, -0.15) is 0 Å². The van der Waals surface area contributed by atoms with Gasteiger partial charge in [0.25, 0.3) is 0 Å². The molecule has 1 N–H and O–H groups in total. The zero-order chi connectivity index (χ0) is 20.6. The fourth-order valence-corrected chi connectivity index (χ4v) is 5.74. The number of hydrogen-bond donors (Lipinski definition) is 1. The van der Waals surface area contributed by atoms with Gasteiger partial charge in [-0.1, -0.05) is 38.3 Å². The van der Waals surface area contributed by atoms with Crippen LogP contribution >= 0.6 is 23.1 Å². The summed E-state index contributed by atoms with van der Waals surface area (Å²) >= 11 is 3.05. The molecule has 0 bridgehead atoms. The molecule has 3 rings (SSSR count). The van der Waals surface area contributed by atoms with Crippen LogP contribution in [0.4, 0.5) is 5.69 Å². The van der Waals surface area contributed by atoms with Crippen molar-refractivity contribution in [2.45, 2.75) is 63.7 Å². The number of carboxylic acids is 1. The van der Waals surface area contributed by atoms with Crippen LogP contribution < -0.4 is 4.90 Å². The lowest BCUT2D eigenvalue weighted by molar-refractivity contribution is -0.115. The van der Waals surface area contributed by atoms with Crippen LogP contribution in [-0.4, -0.2) is 28.1 Å². The van der Waals surface area contributed by atoms with Crippen molar-refractivity contribution < 1.29 is 14.7 Å². The highest BCUT2D eigenvalue weighted by atomic mass is 32.2. The molecule has 1 aromatic heterocycles. The normalized spacial score (nSPS) is 16.5. The topological polar surface area (TPSA) is 57.6 Å². The smallest absolute Gasteiger partial charge is 0.345 e. The zero-order valence-corrected chi connectivity index (χ0v) is 18.6. The second-order valence-electron chi connectivity index (χ2n) is 7.47. The van der Waals surface area contributed by atoms with Gasteiger partial charge in [0.05, 0.1) is 11.1 Å². The van der Waals surface area contributed by atoms with Gasteiger partial charge in [-0.05, 0) is 61.9 Å². The van der Waals surface area contributed by atoms with Gasteiger partial charge in [0.15, 0.2) is 0 Å². The fourth-order valence-electron chi connectivity index (χ4n) is 3.65. The summed E-state index contributed by atoms with van der Waals surface area (Å²) < 4.78 is 0. The lowest BCUT2D eigenvalue weighted by Crippen LogP contribution is -2.32. The summed E-state index contributed by atoms with van der Waals surface area (Å²) in [4.78, 5) is 26.9. The minimum absolute atomic E-state index is 0.164. The number of anilines is 1. The van der Waals surface area contributed by atoms with Crippen LogP contribution in [0.3, 0.4) is 0 Å². The fraction of sp³-hybridized carbons (Fsp3) is 0.478. The first-order valence-electron chi connectivity index (χ1n) is 10.4. The van der Waals surface area contributed by atoms with Crippen molar-refractivity contribution in [1.29, 1.82) is 0 Å². The first-order valence-corrected chi connectivity index (χ1v) is 12.3. The second kappa shape index (κ2) is 10.8. The third-order valence-electron chi connectivity index (χ3n) is 5.24. The number of aromatic carboxylic acids is 1. The van der Waals surface area contributed by atoms with Crippen LogP contribution in [-0.2, 0) is 17.6 Å². The highest BCUT2D eigenvalue weighted by molar-refractivity contribution is 8.01. The van der Waals surface area contributed by atoms with Gasteiger partial charge in [-0.25, -0.2) is 4.79 Å². The Morgan fingerprint density at radius 2 is 1.86 bits per heavy atom. The molecule has 0 saturated carbocycles. The van der Waals surface area contributed by atoms with E-state index in [1.54, 1.807) is 17.8 Å². The first-order chi connectivity index (χ1) is 14.1. The predicted molar refractivity (Wildman–Crippen MR) is 122 cm³/mol. The van der Waals surface area contributed by atoms with Crippen molar-refractivity contribution >= 4 is 40.7 Å². The van der Waals surface area contributed by atoms with Crippen molar-refractivity contribution in [3.8, 4) is 0 Å². The molecular formula is C23H29NO3S2. The summed E-state index contributed by atoms with van der Waals surface area (Å²) in [6.45, 7) is 2.23. The summed E-state index contributed by atoms with van der Waals surface area (Å²) in [6, 6.07) is 12.1. The summed E-state index contributed by atoms with van der Waals surface area (Å²) in [6.07, 6.45) is 8.86. The Labute approximate surface area is 181 Å². The summed E-state index contributed by atoms with van der Waals surface area (Å²) in [5, 5.41) is 9.20. The molecule has 0 aliphatic carbocycles. The maximum Gasteiger partial charge on any atom is 0.345 e. The third kappa shape index (κ3) is 6.09. The zero-order valence-electron chi connectivity index (χ0n) is 16.9. The van der Waals surface area contributed by atoms with Gasteiger partial charge >= 0.3 is 5.97 Å². The van der Waals surface area contributed by atoms with Crippen molar-refractivity contribution in [2.24, 2.45) is 0 Å². The highest BCUT2D eigenvalue weighted by Crippen LogP contribution is 2.34. The van der Waals surface area contributed by atoms with E-state index < -0.39 is 5.97 Å². The van der Waals surface area contributed by atoms with E-state index in [1.165, 1.54) is 42.6 Å². The Balaban J connectivity index is 1.53. The summed E-state index contributed by atoms with van der Waals surface area (Å²) in [5.41, 5.74) is 2.33. The molecule has 6 heteroatoms. The van der Waals surface area contributed by atoms with E-state index in [2.05, 4.69) is 31.2 Å². The maximum atomic E-state index is 12.5. The van der Waals surface area contributed by atoms with Crippen LogP contribution in [0.5, 0.6) is 0 Å². The predicted octanol–water partition coefficient (Wildman–Crippen LogP) is 6.00. The van der Waals surface area contributed by atoms with Crippen molar-refractivity contribution in [3.05, 3.63) is 51.7 Å². The number of benzene rings is 1. The molecule has 2 heterocycles. The Hall–Kier alpha value is -1.79. The van der Waals surface area contributed by atoms with Gasteiger partial charge < -0.3 is 5.11 Å². The van der Waals surface area contributed by atoms with E-state index in [4.69, 9.17) is 5.11 Å². The SMILES string of the molecule is CCCCCCc1ccc(N2C(=O)CS[C@@H]2CCCc2ccc(C(=O)O)s2)cc1. The Kier molecular flexibility index (Phi) is 8.19. The van der Waals surface area contributed by atoms with Gasteiger partial charge in [0.2, 0.25) is 5.91 Å². The first kappa shape index (κ1) is 21.9. The van der Waals surface area contributed by atoms with E-state index in [0.717, 1.165) is 36.2 Å². The number of thiophene rings is 1. The molecule has 29 heavy (non-hydrogen) atoms. The number of aryl methyl sites for hydroxylation is 2. The Morgan fingerprint density at radius 1 is 1.07 bits per heavy atom. The van der Waals surface area contributed by atoms with E-state index in [9.17, 15) is 9.59 Å². The van der Waals surface area contributed by atoms with Crippen molar-refractivity contribution in [3.63, 3.8) is 0 Å². The summed E-state index contributed by atoms with van der Waals surface area (Å²) in [5.74, 6) is -0.149. The van der Waals surface area contributed by atoms with Crippen molar-refractivity contribution in [1.82, 2.24) is 0 Å². The van der Waals surface area contributed by atoms with Crippen LogP contribution in [0.2, 0.25) is 0 Å². The van der Waals surface area contributed by atoms with Crippen LogP contribution in [0, 0.1) is 0 Å². The molecule has 2 aromatic rings. The number of carboxylic acid groups (broad SMARTS) is 1. The molecule has 156 valence electrons. The number of thioether (sulfide) groups is 1. The van der Waals surface area contributed by atoms with E-state index in [0.29, 0.717) is 10.6 Å². The molecule has 0 spiro atoms. The minimum atomic E-state index is -0.863. The number of unbranched alkanes of at least 4 members (excludes halogenated alkanes) is 3. The average Bonchev–Trinajstić information content (AvgIpc) is 3.33. The molecule has 0 radical (unpaired) electrons. The number of carbonyl (C=O) groups excluding carboxylic acids is 1. The molecule has 1 aliphatic heterocycles. The lowest BCUT2D eigenvalue weighted by Gasteiger charge is -2.24. The van der Waals surface area contributed by atoms with Crippen LogP contribution in [0.25, 0.3) is 0 Å². The Morgan fingerprint density at radius 3 is 2.55 bits per heavy atom. The van der Waals surface area contributed by atoms with E-state index in [-0.39, 0.29) is 11.3 Å². The molecule has 4 nitrogen and oxygen atoms in total. The summed E-state index contributed by atoms with van der Waals surface area (Å²) in [7, 11) is 0. The number of amides is 1. The van der Waals surface area contributed by atoms with Gasteiger partial charge in [0.1, 0.15) is 4.88 Å². The largest absolute Gasteiger partial charge is 0.477 e. The molecule has 1 fully saturated rings. The van der Waals surface area contributed by atoms with E-state index >= 15 is 0 Å². The molecule has 1 amide bonds. The molecule has 1 saturated heterocycles. The second-order valence-corrected chi connectivity index (χ2v) is 9.80. The average molecular weight is 432 g/mol. The van der Waals surface area contributed by atoms with Crippen molar-refractivity contribution in [2.75, 3.05) is 10.7 Å². The highest BCUT2D eigenvalue weighted by Gasteiger charge is 2.32. The molecule has 1 aromatic carbocycles. The van der Waals surface area contributed by atoms with Gasteiger partial charge in [-0.3, -0.25) is 9.69 Å². The molecular weight excluding hydrogens is 402 g/mol. The maximum absolute atomic E-state index is 12.5. The van der Waals surface area contributed by atoms with Gasteiger partial charge in [0, 0.05) is 10.6 Å². The van der Waals surface area contributed by atoms with Crippen LogP contribution in [0.1, 0.15) is 65.6 Å². The number of nitrogens with zero attached hydrogens (tertiary/aromatic N) is 1. The quantitative estimate of drug-likeness (QED) is 0.444. The number of carbonyl (C=O) groups is 2. The van der Waals surface area contributed by atoms with Crippen LogP contribution in [0.15, 0.2) is 36.4 Å². The number of hydrogen-bond acceptors (Lipinski definition) is 4. The van der Waals surface area contributed by atoms with E-state index in [1.807, 2.05) is 11.0 Å². The Bertz CT molecular complexity index is 816. The number of rotatable bonds is 11. The lowest BCUT2D eigenvalue weighted by atomic mass is 10.1. The standard InChI is InChI=1S/C23H29NO3S2/c1-2-3-4-5-7-17-10-12-18(13-11-17)24-21(25)16-28-22(24)9-6-8-19-14-15-20(29-19)23(26)27/h10-15,22H,2-9,16H2,1H3,(H,26,27)/t22-/m1/s1. The monoisotopic (exact) mass is 431 g/mol. The molecule has 0 unspecified atom stereocenters. The molecule has 1 aliphatic rings.